The second kappa shape index (κ2) is 14.2. The summed E-state index contributed by atoms with van der Waals surface area (Å²) in [5.41, 5.74) is 3.65. The second-order valence-corrected chi connectivity index (χ2v) is 10.2. The Hall–Kier alpha value is -4.32. The molecule has 0 saturated heterocycles. The number of thiazole rings is 1. The molecule has 2 N–H and O–H groups in total. The number of ether oxygens (including phenoxy) is 1. The van der Waals surface area contributed by atoms with E-state index in [9.17, 15) is 14.0 Å². The van der Waals surface area contributed by atoms with Crippen LogP contribution in [0.25, 0.3) is 0 Å². The number of aryl methyl sites for hydroxylation is 1. The fraction of sp³-hybridized carbons (Fsp3) is 0.321. The first kappa shape index (κ1) is 28.7. The smallest absolute Gasteiger partial charge is 0.263 e. The molecule has 1 aromatic carbocycles. The van der Waals surface area contributed by atoms with Crippen LogP contribution in [0.15, 0.2) is 65.3 Å². The molecule has 1 aliphatic carbocycles. The van der Waals surface area contributed by atoms with Crippen LogP contribution in [0.3, 0.4) is 0 Å². The van der Waals surface area contributed by atoms with Gasteiger partial charge < -0.3 is 20.3 Å². The largest absolute Gasteiger partial charge is 0.477 e. The summed E-state index contributed by atoms with van der Waals surface area (Å²) in [5.74, 6) is 0.215. The Morgan fingerprint density at radius 1 is 1.18 bits per heavy atom. The lowest BCUT2D eigenvalue weighted by Gasteiger charge is -2.24. The van der Waals surface area contributed by atoms with Gasteiger partial charge in [0.15, 0.2) is 11.0 Å². The lowest BCUT2D eigenvalue weighted by atomic mass is 9.93. The summed E-state index contributed by atoms with van der Waals surface area (Å²) in [6, 6.07) is 10.0. The topological polar surface area (TPSA) is 112 Å². The van der Waals surface area contributed by atoms with Crippen LogP contribution in [0.1, 0.15) is 45.8 Å². The van der Waals surface area contributed by atoms with Gasteiger partial charge >= 0.3 is 0 Å². The van der Waals surface area contributed by atoms with E-state index in [2.05, 4.69) is 25.7 Å². The number of anilines is 1. The number of benzene rings is 1. The first-order chi connectivity index (χ1) is 19.4. The molecule has 0 spiro atoms. The molecule has 0 radical (unpaired) electrons. The number of allylic oxidation sites excluding steroid dienone is 1. The molecule has 2 amide bonds. The summed E-state index contributed by atoms with van der Waals surface area (Å²) in [6.07, 6.45) is 8.52. The van der Waals surface area contributed by atoms with Crippen LogP contribution in [0, 0.1) is 12.7 Å². The van der Waals surface area contributed by atoms with E-state index in [1.807, 2.05) is 12.1 Å². The van der Waals surface area contributed by atoms with E-state index in [0.29, 0.717) is 41.1 Å². The van der Waals surface area contributed by atoms with E-state index in [1.165, 1.54) is 40.4 Å². The van der Waals surface area contributed by atoms with Crippen molar-refractivity contribution < 1.29 is 18.7 Å². The molecule has 1 saturated carbocycles. The van der Waals surface area contributed by atoms with Crippen molar-refractivity contribution in [3.8, 4) is 0 Å². The average molecular weight is 566 g/mol. The van der Waals surface area contributed by atoms with E-state index >= 15 is 0 Å². The summed E-state index contributed by atoms with van der Waals surface area (Å²) in [7, 11) is 1.75. The molecule has 1 aliphatic rings. The van der Waals surface area contributed by atoms with Crippen molar-refractivity contribution in [2.24, 2.45) is 5.10 Å². The maximum absolute atomic E-state index is 13.2. The van der Waals surface area contributed by atoms with Gasteiger partial charge in [0.25, 0.3) is 5.91 Å². The molecule has 1 fully saturated rings. The number of hydrazone groups is 1. The molecule has 12 heteroatoms. The van der Waals surface area contributed by atoms with Crippen molar-refractivity contribution in [3.05, 3.63) is 87.8 Å². The second-order valence-electron chi connectivity index (χ2n) is 9.18. The first-order valence-electron chi connectivity index (χ1n) is 12.9. The van der Waals surface area contributed by atoms with Gasteiger partial charge in [0.1, 0.15) is 23.6 Å². The number of rotatable bonds is 14. The highest BCUT2D eigenvalue weighted by Crippen LogP contribution is 2.28. The fourth-order valence-corrected chi connectivity index (χ4v) is 4.64. The van der Waals surface area contributed by atoms with Gasteiger partial charge in [0, 0.05) is 32.5 Å². The highest BCUT2D eigenvalue weighted by atomic mass is 32.1. The number of nitrogens with zero attached hydrogens (tertiary/aromatic N) is 5. The van der Waals surface area contributed by atoms with Crippen molar-refractivity contribution in [1.82, 2.24) is 25.6 Å². The Morgan fingerprint density at radius 3 is 2.62 bits per heavy atom. The molecule has 4 rings (SSSR count). The molecule has 0 atom stereocenters. The van der Waals surface area contributed by atoms with E-state index in [0.717, 1.165) is 30.4 Å². The molecule has 2 heterocycles. The Balaban J connectivity index is 1.27. The summed E-state index contributed by atoms with van der Waals surface area (Å²) in [4.78, 5) is 35.0. The van der Waals surface area contributed by atoms with Crippen molar-refractivity contribution in [3.63, 3.8) is 0 Å². The zero-order valence-electron chi connectivity index (χ0n) is 22.5. The third-order valence-corrected chi connectivity index (χ3v) is 7.42. The summed E-state index contributed by atoms with van der Waals surface area (Å²) in [6.45, 7) is 3.13. The van der Waals surface area contributed by atoms with E-state index < -0.39 is 0 Å². The van der Waals surface area contributed by atoms with Gasteiger partial charge in [-0.05, 0) is 61.1 Å². The molecular weight excluding hydrogens is 533 g/mol. The molecule has 210 valence electrons. The summed E-state index contributed by atoms with van der Waals surface area (Å²) in [5, 5.41) is 12.2. The fourth-order valence-electron chi connectivity index (χ4n) is 3.72. The Kier molecular flexibility index (Phi) is 10.2. The summed E-state index contributed by atoms with van der Waals surface area (Å²) >= 11 is 1.24. The number of nitrogens with one attached hydrogen (secondary N) is 2. The lowest BCUT2D eigenvalue weighted by molar-refractivity contribution is -0.118. The van der Waals surface area contributed by atoms with Gasteiger partial charge in [-0.1, -0.05) is 29.5 Å². The molecule has 3 aromatic rings. The van der Waals surface area contributed by atoms with Crippen molar-refractivity contribution >= 4 is 35.1 Å². The van der Waals surface area contributed by atoms with Crippen molar-refractivity contribution in [2.45, 2.75) is 39.3 Å². The molecule has 0 aliphatic heterocycles. The number of aromatic nitrogens is 2. The maximum atomic E-state index is 13.2. The highest BCUT2D eigenvalue weighted by molar-refractivity contribution is 7.17. The van der Waals surface area contributed by atoms with Gasteiger partial charge in [0.05, 0.1) is 12.2 Å². The number of carbonyl (C=O) groups is 2. The van der Waals surface area contributed by atoms with E-state index in [4.69, 9.17) is 4.74 Å². The van der Waals surface area contributed by atoms with Gasteiger partial charge in [-0.3, -0.25) is 14.6 Å². The predicted octanol–water partition coefficient (Wildman–Crippen LogP) is 3.96. The first-order valence-corrected chi connectivity index (χ1v) is 13.7. The minimum Gasteiger partial charge on any atom is -0.477 e. The van der Waals surface area contributed by atoms with Crippen LogP contribution < -0.4 is 15.5 Å². The third kappa shape index (κ3) is 8.09. The van der Waals surface area contributed by atoms with Crippen molar-refractivity contribution in [1.29, 1.82) is 0 Å². The van der Waals surface area contributed by atoms with Crippen LogP contribution in [0.2, 0.25) is 0 Å². The molecule has 10 nitrogen and oxygen atoms in total. The highest BCUT2D eigenvalue weighted by Gasteiger charge is 2.18. The number of halogens is 1. The predicted molar refractivity (Wildman–Crippen MR) is 152 cm³/mol. The van der Waals surface area contributed by atoms with Gasteiger partial charge in [-0.25, -0.2) is 14.4 Å². The van der Waals surface area contributed by atoms with Gasteiger partial charge in [-0.2, -0.15) is 5.10 Å². The lowest BCUT2D eigenvalue weighted by Crippen LogP contribution is -2.26. The number of hydrogen-bond acceptors (Lipinski definition) is 8. The average Bonchev–Trinajstić information content (AvgIpc) is 3.34. The maximum Gasteiger partial charge on any atom is 0.263 e. The standard InChI is InChI=1S/C28H32FN7O3S/c1-20-25(26(38)31-17-22-5-4-12-30-15-22)40-28(34-20)35(2)18-33-36(19-37)13-14-39-27(23-6-3-7-23)32-16-21-8-10-24(29)11-9-21/h4-5,8-12,15,18-19,32H,3,6-7,13-14,16-17H2,1-2H3,(H,31,38)/b33-18-. The molecule has 40 heavy (non-hydrogen) atoms. The summed E-state index contributed by atoms with van der Waals surface area (Å²) < 4.78 is 19.1. The van der Waals surface area contributed by atoms with Crippen LogP contribution in [-0.4, -0.2) is 53.8 Å². The van der Waals surface area contributed by atoms with Crippen LogP contribution in [-0.2, 0) is 22.6 Å². The third-order valence-electron chi connectivity index (χ3n) is 6.18. The number of amides is 2. The number of carbonyl (C=O) groups excluding carboxylic acids is 2. The minimum atomic E-state index is -0.273. The quantitative estimate of drug-likeness (QED) is 0.100. The Morgan fingerprint density at radius 2 is 1.95 bits per heavy atom. The van der Waals surface area contributed by atoms with E-state index in [1.54, 1.807) is 43.4 Å². The SMILES string of the molecule is Cc1nc(N(C)/C=N\N(C=O)CCOC(NCc2ccc(F)cc2)=C2CCC2)sc1C(=O)NCc1cccnc1. The molecule has 0 unspecified atom stereocenters. The van der Waals surface area contributed by atoms with Crippen LogP contribution in [0.5, 0.6) is 0 Å². The number of pyridine rings is 1. The molecule has 2 aromatic heterocycles. The van der Waals surface area contributed by atoms with E-state index in [-0.39, 0.29) is 24.9 Å². The van der Waals surface area contributed by atoms with Gasteiger partial charge in [-0.15, -0.1) is 0 Å². The van der Waals surface area contributed by atoms with Crippen LogP contribution >= 0.6 is 11.3 Å². The van der Waals surface area contributed by atoms with Gasteiger partial charge in [0.2, 0.25) is 6.41 Å². The number of hydrogen-bond donors (Lipinski definition) is 2. The zero-order chi connectivity index (χ0) is 28.3. The minimum absolute atomic E-state index is 0.216. The molecular formula is C28H32FN7O3S. The normalized spacial score (nSPS) is 12.5. The Bertz CT molecular complexity index is 1340. The van der Waals surface area contributed by atoms with Crippen LogP contribution in [0.4, 0.5) is 9.52 Å². The molecule has 0 bridgehead atoms. The monoisotopic (exact) mass is 565 g/mol. The Labute approximate surface area is 236 Å². The van der Waals surface area contributed by atoms with Crippen molar-refractivity contribution in [2.75, 3.05) is 25.1 Å². The zero-order valence-corrected chi connectivity index (χ0v) is 23.3.